The number of carboxylic acids is 1. The molecular formula is C23H19F3N4O6S2. The Kier molecular flexibility index (Phi) is 7.51. The number of nitrogens with zero attached hydrogens (tertiary/aromatic N) is 2. The number of nitrogens with one attached hydrogen (secondary N) is 2. The molecule has 1 saturated carbocycles. The second-order valence-electron chi connectivity index (χ2n) is 8.31. The summed E-state index contributed by atoms with van der Waals surface area (Å²) in [6.45, 7) is 0. The molecule has 1 aromatic carbocycles. The molecule has 1 fully saturated rings. The number of thiazole rings is 1. The van der Waals surface area contributed by atoms with Crippen LogP contribution in [-0.2, 0) is 16.0 Å². The monoisotopic (exact) mass is 568 g/mol. The van der Waals surface area contributed by atoms with Crippen LogP contribution in [0.1, 0.15) is 52.1 Å². The van der Waals surface area contributed by atoms with Crippen molar-refractivity contribution in [2.45, 2.75) is 41.1 Å². The van der Waals surface area contributed by atoms with Gasteiger partial charge < -0.3 is 10.4 Å². The zero-order chi connectivity index (χ0) is 27.7. The number of hydrogen-bond donors (Lipinski definition) is 3. The van der Waals surface area contributed by atoms with Crippen molar-refractivity contribution in [3.63, 3.8) is 0 Å². The molecule has 2 aromatic heterocycles. The predicted molar refractivity (Wildman–Crippen MR) is 129 cm³/mol. The summed E-state index contributed by atoms with van der Waals surface area (Å²) in [6, 6.07) is 5.29. The van der Waals surface area contributed by atoms with Crippen LogP contribution in [0.5, 0.6) is 0 Å². The predicted octanol–water partition coefficient (Wildman–Crippen LogP) is 5.10. The van der Waals surface area contributed by atoms with Crippen molar-refractivity contribution in [3.8, 4) is 0 Å². The number of ketones is 1. The zero-order valence-electron chi connectivity index (χ0n) is 19.3. The molecule has 0 unspecified atom stereocenters. The zero-order valence-corrected chi connectivity index (χ0v) is 20.9. The third-order valence-corrected chi connectivity index (χ3v) is 8.91. The molecule has 10 nitrogen and oxygen atoms in total. The molecule has 200 valence electrons. The van der Waals surface area contributed by atoms with Crippen LogP contribution in [-0.4, -0.2) is 41.3 Å². The van der Waals surface area contributed by atoms with Crippen molar-refractivity contribution in [3.05, 3.63) is 59.4 Å². The second-order valence-corrected chi connectivity index (χ2v) is 11.4. The maximum Gasteiger partial charge on any atom is 0.416 e. The van der Waals surface area contributed by atoms with E-state index in [-0.39, 0.29) is 11.3 Å². The van der Waals surface area contributed by atoms with Crippen LogP contribution in [0.4, 0.5) is 28.8 Å². The Labute approximate surface area is 217 Å². The number of aromatic nitrogens is 2. The molecular weight excluding hydrogens is 549 g/mol. The summed E-state index contributed by atoms with van der Waals surface area (Å²) in [5, 5.41) is 13.1. The molecule has 2 amide bonds. The number of amides is 2. The normalized spacial score (nSPS) is 14.3. The minimum atomic E-state index is -4.71. The topological polar surface area (TPSA) is 155 Å². The third kappa shape index (κ3) is 5.67. The number of anilines is 2. The van der Waals surface area contributed by atoms with Gasteiger partial charge in [-0.3, -0.25) is 10.1 Å². The summed E-state index contributed by atoms with van der Waals surface area (Å²) in [5.41, 5.74) is -2.41. The van der Waals surface area contributed by atoms with E-state index in [4.69, 9.17) is 0 Å². The van der Waals surface area contributed by atoms with Crippen molar-refractivity contribution in [1.82, 2.24) is 9.97 Å². The van der Waals surface area contributed by atoms with Crippen LogP contribution in [0, 0.1) is 5.92 Å². The quantitative estimate of drug-likeness (QED) is 0.332. The Morgan fingerprint density at radius 2 is 1.76 bits per heavy atom. The first-order valence-electron chi connectivity index (χ1n) is 11.1. The fourth-order valence-electron chi connectivity index (χ4n) is 3.97. The van der Waals surface area contributed by atoms with E-state index < -0.39 is 65.3 Å². The molecule has 3 N–H and O–H groups in total. The van der Waals surface area contributed by atoms with Crippen LogP contribution in [0.3, 0.4) is 0 Å². The summed E-state index contributed by atoms with van der Waals surface area (Å²) in [5.74, 6) is -2.68. The fourth-order valence-corrected chi connectivity index (χ4v) is 6.62. The van der Waals surface area contributed by atoms with Crippen LogP contribution >= 0.6 is 11.3 Å². The molecule has 0 saturated heterocycles. The lowest BCUT2D eigenvalue weighted by Gasteiger charge is -2.16. The number of urea groups is 1. The molecule has 1 aliphatic rings. The Balaban J connectivity index is 1.62. The number of benzene rings is 1. The van der Waals surface area contributed by atoms with Crippen molar-refractivity contribution in [2.24, 2.45) is 5.92 Å². The third-order valence-electron chi connectivity index (χ3n) is 5.76. The summed E-state index contributed by atoms with van der Waals surface area (Å²) in [7, 11) is -4.39. The highest BCUT2D eigenvalue weighted by Crippen LogP contribution is 2.36. The van der Waals surface area contributed by atoms with E-state index in [1.54, 1.807) is 0 Å². The average molecular weight is 569 g/mol. The lowest BCUT2D eigenvalue weighted by molar-refractivity contribution is -0.137. The molecule has 15 heteroatoms. The summed E-state index contributed by atoms with van der Waals surface area (Å²) < 4.78 is 65.0. The first-order chi connectivity index (χ1) is 17.9. The van der Waals surface area contributed by atoms with Gasteiger partial charge in [-0.2, -0.15) is 13.2 Å². The average Bonchev–Trinajstić information content (AvgIpc) is 3.55. The van der Waals surface area contributed by atoms with Crippen molar-refractivity contribution in [1.29, 1.82) is 0 Å². The van der Waals surface area contributed by atoms with Gasteiger partial charge in [0.25, 0.3) is 0 Å². The number of halogens is 3. The molecule has 0 atom stereocenters. The van der Waals surface area contributed by atoms with E-state index in [0.717, 1.165) is 25.0 Å². The molecule has 2 heterocycles. The molecule has 0 bridgehead atoms. The number of carbonyl (C=O) groups is 3. The van der Waals surface area contributed by atoms with Gasteiger partial charge >= 0.3 is 18.2 Å². The summed E-state index contributed by atoms with van der Waals surface area (Å²) >= 11 is 0.358. The highest BCUT2D eigenvalue weighted by Gasteiger charge is 2.34. The van der Waals surface area contributed by atoms with Gasteiger partial charge in [-0.1, -0.05) is 30.2 Å². The number of carboxylic acid groups (broad SMARTS) is 1. The second kappa shape index (κ2) is 10.5. The molecule has 38 heavy (non-hydrogen) atoms. The molecule has 4 rings (SSSR count). The van der Waals surface area contributed by atoms with Gasteiger partial charge in [0, 0.05) is 17.7 Å². The molecule has 1 aliphatic carbocycles. The van der Waals surface area contributed by atoms with Crippen molar-refractivity contribution < 1.29 is 41.1 Å². The molecule has 0 spiro atoms. The van der Waals surface area contributed by atoms with E-state index in [1.165, 1.54) is 18.3 Å². The van der Waals surface area contributed by atoms with E-state index in [2.05, 4.69) is 20.6 Å². The number of hydrogen-bond acceptors (Lipinski definition) is 8. The molecule has 0 aliphatic heterocycles. The van der Waals surface area contributed by atoms with Gasteiger partial charge in [0.15, 0.2) is 25.8 Å². The van der Waals surface area contributed by atoms with Crippen LogP contribution < -0.4 is 10.6 Å². The van der Waals surface area contributed by atoms with E-state index >= 15 is 0 Å². The van der Waals surface area contributed by atoms with E-state index in [0.29, 0.717) is 36.3 Å². The Hall–Kier alpha value is -3.85. The first kappa shape index (κ1) is 27.2. The van der Waals surface area contributed by atoms with Crippen molar-refractivity contribution >= 4 is 49.8 Å². The number of pyridine rings is 1. The minimum absolute atomic E-state index is 0.191. The van der Waals surface area contributed by atoms with Crippen molar-refractivity contribution in [2.75, 3.05) is 10.6 Å². The Morgan fingerprint density at radius 1 is 1.05 bits per heavy atom. The lowest BCUT2D eigenvalue weighted by atomic mass is 9.93. The first-order valence-corrected chi connectivity index (χ1v) is 13.4. The highest BCUT2D eigenvalue weighted by molar-refractivity contribution is 7.93. The summed E-state index contributed by atoms with van der Waals surface area (Å²) in [4.78, 5) is 44.7. The van der Waals surface area contributed by atoms with Gasteiger partial charge in [-0.15, -0.1) is 0 Å². The fraction of sp³-hybridized carbons (Fsp3) is 0.261. The maximum absolute atomic E-state index is 13.3. The van der Waals surface area contributed by atoms with Crippen LogP contribution in [0.15, 0.2) is 51.8 Å². The maximum atomic E-state index is 13.3. The van der Waals surface area contributed by atoms with Gasteiger partial charge in [-0.05, 0) is 43.2 Å². The molecule has 0 radical (unpaired) electrons. The smallest absolute Gasteiger partial charge is 0.416 e. The van der Waals surface area contributed by atoms with E-state index in [1.807, 2.05) is 0 Å². The number of alkyl halides is 3. The number of carbonyl (C=O) groups excluding carboxylic acids is 2. The number of Topliss-reactive ketones (excluding diaryl/α,β-unsaturated/α-hetero) is 1. The standard InChI is InChI=1S/C23H19F3N4O6S2/c24-23(25,26)13-8-9-15(14(11-13)18(31)12-5-1-2-6-12)28-21(34)30-22-29-17(19(32)33)20(37-22)38(35,36)16-7-3-4-10-27-16/h3-4,7-12H,1-2,5-6H2,(H,32,33)(H2,28,29,30,34). The summed E-state index contributed by atoms with van der Waals surface area (Å²) in [6.07, 6.45) is -0.947. The lowest BCUT2D eigenvalue weighted by Crippen LogP contribution is -2.23. The molecule has 3 aromatic rings. The van der Waals surface area contributed by atoms with Gasteiger partial charge in [-0.25, -0.2) is 28.0 Å². The van der Waals surface area contributed by atoms with E-state index in [9.17, 15) is 41.1 Å². The SMILES string of the molecule is O=C(Nc1nc(C(=O)O)c(S(=O)(=O)c2ccccn2)s1)Nc1ccc(C(F)(F)F)cc1C(=O)C1CCCC1. The largest absolute Gasteiger partial charge is 0.476 e. The van der Waals surface area contributed by atoms with Gasteiger partial charge in [0.05, 0.1) is 11.3 Å². The number of rotatable bonds is 7. The Bertz CT molecular complexity index is 1500. The number of aromatic carboxylic acids is 1. The van der Waals surface area contributed by atoms with Gasteiger partial charge in [0.2, 0.25) is 9.84 Å². The van der Waals surface area contributed by atoms with Gasteiger partial charge in [0.1, 0.15) is 0 Å². The van der Waals surface area contributed by atoms with Crippen LogP contribution in [0.2, 0.25) is 0 Å². The highest BCUT2D eigenvalue weighted by atomic mass is 32.2. The number of sulfone groups is 1. The van der Waals surface area contributed by atoms with Crippen LogP contribution in [0.25, 0.3) is 0 Å². The minimum Gasteiger partial charge on any atom is -0.476 e. The Morgan fingerprint density at radius 3 is 2.37 bits per heavy atom.